The van der Waals surface area contributed by atoms with E-state index >= 15 is 0 Å². The van der Waals surface area contributed by atoms with Gasteiger partial charge in [0.2, 0.25) is 0 Å². The highest BCUT2D eigenvalue weighted by Crippen LogP contribution is 2.17. The average molecular weight is 204 g/mol. The van der Waals surface area contributed by atoms with Gasteiger partial charge in [0.1, 0.15) is 5.25 Å². The van der Waals surface area contributed by atoms with Crippen LogP contribution in [0.25, 0.3) is 0 Å². The number of ether oxygens (including phenoxy) is 1. The minimum atomic E-state index is -0.394. The molecule has 0 aliphatic rings. The Morgan fingerprint density at radius 2 is 1.85 bits per heavy atom. The second-order valence-electron chi connectivity index (χ2n) is 2.99. The van der Waals surface area contributed by atoms with Crippen LogP contribution in [0.5, 0.6) is 0 Å². The maximum atomic E-state index is 11.2. The Kier molecular flexibility index (Phi) is 5.79. The second-order valence-corrected chi connectivity index (χ2v) is 4.33. The highest BCUT2D eigenvalue weighted by molar-refractivity contribution is 8.14. The number of thioether (sulfide) groups is 1. The quantitative estimate of drug-likeness (QED) is 0.655. The number of carbonyl (C=O) groups is 2. The lowest BCUT2D eigenvalue weighted by Gasteiger charge is -2.10. The van der Waals surface area contributed by atoms with Crippen LogP contribution in [0.3, 0.4) is 0 Å². The van der Waals surface area contributed by atoms with Gasteiger partial charge in [-0.25, -0.2) is 0 Å². The van der Waals surface area contributed by atoms with Crippen LogP contribution in [-0.4, -0.2) is 22.9 Å². The van der Waals surface area contributed by atoms with E-state index in [-0.39, 0.29) is 17.0 Å². The van der Waals surface area contributed by atoms with Crippen molar-refractivity contribution in [3.63, 3.8) is 0 Å². The average Bonchev–Trinajstić information content (AvgIpc) is 2.04. The van der Waals surface area contributed by atoms with Gasteiger partial charge in [0.05, 0.1) is 6.61 Å². The summed E-state index contributed by atoms with van der Waals surface area (Å²) < 4.78 is 4.77. The summed E-state index contributed by atoms with van der Waals surface area (Å²) in [5, 5.41) is -0.365. The third-order valence-electron chi connectivity index (χ3n) is 1.38. The Balaban J connectivity index is 3.92. The van der Waals surface area contributed by atoms with Crippen LogP contribution < -0.4 is 0 Å². The monoisotopic (exact) mass is 204 g/mol. The van der Waals surface area contributed by atoms with Crippen molar-refractivity contribution in [3.8, 4) is 0 Å². The standard InChI is InChI=1S/C9H16O3S/c1-5-12-8(10)7(4)13-9(11)6(2)3/h6-7H,5H2,1-4H3. The smallest absolute Gasteiger partial charge is 0.319 e. The molecule has 0 spiro atoms. The zero-order valence-corrected chi connectivity index (χ0v) is 9.31. The first-order valence-electron chi connectivity index (χ1n) is 4.36. The number of esters is 1. The molecule has 0 aromatic heterocycles. The Hall–Kier alpha value is -0.510. The van der Waals surface area contributed by atoms with E-state index in [1.807, 2.05) is 13.8 Å². The molecule has 1 unspecified atom stereocenters. The van der Waals surface area contributed by atoms with E-state index in [0.717, 1.165) is 11.8 Å². The predicted octanol–water partition coefficient (Wildman–Crippen LogP) is 1.85. The van der Waals surface area contributed by atoms with E-state index in [4.69, 9.17) is 4.74 Å². The first-order chi connectivity index (χ1) is 5.99. The molecule has 0 aliphatic heterocycles. The van der Waals surface area contributed by atoms with Crippen molar-refractivity contribution in [2.24, 2.45) is 5.92 Å². The molecule has 0 aromatic carbocycles. The van der Waals surface area contributed by atoms with Gasteiger partial charge in [-0.2, -0.15) is 0 Å². The molecule has 0 radical (unpaired) electrons. The minimum Gasteiger partial charge on any atom is -0.465 e. The molecule has 0 aliphatic carbocycles. The number of rotatable bonds is 4. The number of hydrogen-bond acceptors (Lipinski definition) is 4. The van der Waals surface area contributed by atoms with Crippen molar-refractivity contribution in [3.05, 3.63) is 0 Å². The fraction of sp³-hybridized carbons (Fsp3) is 0.778. The van der Waals surface area contributed by atoms with Crippen molar-refractivity contribution in [1.29, 1.82) is 0 Å². The lowest BCUT2D eigenvalue weighted by Crippen LogP contribution is -2.20. The van der Waals surface area contributed by atoms with E-state index in [1.165, 1.54) is 0 Å². The molecule has 4 heteroatoms. The zero-order valence-electron chi connectivity index (χ0n) is 8.49. The molecule has 0 bridgehead atoms. The predicted molar refractivity (Wildman–Crippen MR) is 53.5 cm³/mol. The fourth-order valence-electron chi connectivity index (χ4n) is 0.618. The maximum Gasteiger partial charge on any atom is 0.319 e. The van der Waals surface area contributed by atoms with E-state index in [0.29, 0.717) is 6.61 Å². The van der Waals surface area contributed by atoms with Crippen LogP contribution in [-0.2, 0) is 14.3 Å². The Labute approximate surface area is 83.2 Å². The largest absolute Gasteiger partial charge is 0.465 e. The third-order valence-corrected chi connectivity index (χ3v) is 2.63. The summed E-state index contributed by atoms with van der Waals surface area (Å²) >= 11 is 1.04. The van der Waals surface area contributed by atoms with Gasteiger partial charge in [0, 0.05) is 5.92 Å². The number of carbonyl (C=O) groups excluding carboxylic acids is 2. The van der Waals surface area contributed by atoms with Gasteiger partial charge >= 0.3 is 5.97 Å². The first kappa shape index (κ1) is 12.5. The van der Waals surface area contributed by atoms with Gasteiger partial charge in [0.25, 0.3) is 0 Å². The summed E-state index contributed by atoms with van der Waals surface area (Å²) in [6, 6.07) is 0. The maximum absolute atomic E-state index is 11.2. The molecule has 0 saturated heterocycles. The molecule has 0 amide bonds. The highest BCUT2D eigenvalue weighted by Gasteiger charge is 2.20. The summed E-state index contributed by atoms with van der Waals surface area (Å²) in [4.78, 5) is 22.3. The minimum absolute atomic E-state index is 0.0283. The molecule has 0 saturated carbocycles. The SMILES string of the molecule is CCOC(=O)C(C)SC(=O)C(C)C. The van der Waals surface area contributed by atoms with Crippen LogP contribution in [0.4, 0.5) is 0 Å². The van der Waals surface area contributed by atoms with Crippen LogP contribution in [0.2, 0.25) is 0 Å². The summed E-state index contributed by atoms with van der Waals surface area (Å²) in [6.07, 6.45) is 0. The molecular weight excluding hydrogens is 188 g/mol. The van der Waals surface area contributed by atoms with Crippen LogP contribution in [0.15, 0.2) is 0 Å². The molecule has 76 valence electrons. The Morgan fingerprint density at radius 3 is 2.23 bits per heavy atom. The third kappa shape index (κ3) is 4.93. The van der Waals surface area contributed by atoms with Gasteiger partial charge in [-0.15, -0.1) is 0 Å². The highest BCUT2D eigenvalue weighted by atomic mass is 32.2. The normalized spacial score (nSPS) is 12.7. The summed E-state index contributed by atoms with van der Waals surface area (Å²) in [7, 11) is 0. The first-order valence-corrected chi connectivity index (χ1v) is 5.24. The van der Waals surface area contributed by atoms with E-state index in [2.05, 4.69) is 0 Å². The van der Waals surface area contributed by atoms with Crippen molar-refractivity contribution >= 4 is 22.8 Å². The van der Waals surface area contributed by atoms with Crippen LogP contribution in [0.1, 0.15) is 27.7 Å². The molecule has 0 N–H and O–H groups in total. The molecule has 0 rings (SSSR count). The lowest BCUT2D eigenvalue weighted by atomic mass is 10.3. The van der Waals surface area contributed by atoms with Gasteiger partial charge in [-0.1, -0.05) is 25.6 Å². The van der Waals surface area contributed by atoms with Crippen molar-refractivity contribution < 1.29 is 14.3 Å². The van der Waals surface area contributed by atoms with Crippen LogP contribution in [0, 0.1) is 5.92 Å². The van der Waals surface area contributed by atoms with Gasteiger partial charge in [0.15, 0.2) is 5.12 Å². The van der Waals surface area contributed by atoms with Crippen molar-refractivity contribution in [1.82, 2.24) is 0 Å². The lowest BCUT2D eigenvalue weighted by molar-refractivity contribution is -0.142. The Bertz CT molecular complexity index is 189. The van der Waals surface area contributed by atoms with Gasteiger partial charge in [-0.05, 0) is 13.8 Å². The van der Waals surface area contributed by atoms with Gasteiger partial charge < -0.3 is 4.74 Å². The zero-order chi connectivity index (χ0) is 10.4. The summed E-state index contributed by atoms with van der Waals surface area (Å²) in [5.74, 6) is -0.358. The summed E-state index contributed by atoms with van der Waals surface area (Å²) in [6.45, 7) is 7.42. The van der Waals surface area contributed by atoms with Crippen molar-refractivity contribution in [2.75, 3.05) is 6.61 Å². The molecule has 1 atom stereocenters. The van der Waals surface area contributed by atoms with E-state index < -0.39 is 5.25 Å². The molecule has 0 fully saturated rings. The Morgan fingerprint density at radius 1 is 1.31 bits per heavy atom. The fourth-order valence-corrected chi connectivity index (χ4v) is 1.40. The van der Waals surface area contributed by atoms with Crippen molar-refractivity contribution in [2.45, 2.75) is 32.9 Å². The van der Waals surface area contributed by atoms with Crippen LogP contribution >= 0.6 is 11.8 Å². The molecule has 3 nitrogen and oxygen atoms in total. The van der Waals surface area contributed by atoms with Gasteiger partial charge in [-0.3, -0.25) is 9.59 Å². The topological polar surface area (TPSA) is 43.4 Å². The molecule has 0 aromatic rings. The van der Waals surface area contributed by atoms with E-state index in [1.54, 1.807) is 13.8 Å². The summed E-state index contributed by atoms with van der Waals surface area (Å²) in [5.41, 5.74) is 0. The number of hydrogen-bond donors (Lipinski definition) is 0. The molecule has 0 heterocycles. The molecular formula is C9H16O3S. The molecule has 13 heavy (non-hydrogen) atoms. The second kappa shape index (κ2) is 6.02. The van der Waals surface area contributed by atoms with E-state index in [9.17, 15) is 9.59 Å².